The van der Waals surface area contributed by atoms with Crippen LogP contribution in [0.2, 0.25) is 0 Å². The monoisotopic (exact) mass is 199 g/mol. The summed E-state index contributed by atoms with van der Waals surface area (Å²) in [6.07, 6.45) is 3.43. The molecule has 0 aromatic carbocycles. The first-order valence-electron chi connectivity index (χ1n) is 5.38. The Labute approximate surface area is 85.6 Å². The molecule has 1 heterocycles. The molecule has 82 valence electrons. The maximum absolute atomic E-state index is 10.9. The van der Waals surface area contributed by atoms with Crippen LogP contribution in [0.4, 0.5) is 4.79 Å². The molecule has 0 aliphatic carbocycles. The number of rotatable bonds is 4. The lowest BCUT2D eigenvalue weighted by atomic mass is 9.96. The zero-order valence-electron chi connectivity index (χ0n) is 8.91. The Morgan fingerprint density at radius 2 is 2.36 bits per heavy atom. The molecule has 4 heteroatoms. The van der Waals surface area contributed by atoms with Gasteiger partial charge in [-0.15, -0.1) is 0 Å². The number of urea groups is 1. The van der Waals surface area contributed by atoms with Crippen molar-refractivity contribution in [1.82, 2.24) is 4.90 Å². The Morgan fingerprint density at radius 3 is 2.86 bits per heavy atom. The zero-order chi connectivity index (χ0) is 10.6. The average Bonchev–Trinajstić information content (AvgIpc) is 2.62. The molecule has 0 bridgehead atoms. The van der Waals surface area contributed by atoms with Gasteiger partial charge in [-0.25, -0.2) is 4.79 Å². The molecule has 0 saturated carbocycles. The molecule has 0 aromatic rings. The minimum Gasteiger partial charge on any atom is -0.351 e. The van der Waals surface area contributed by atoms with E-state index in [0.29, 0.717) is 11.8 Å². The third kappa shape index (κ3) is 3.18. The number of nitrogens with zero attached hydrogens (tertiary/aromatic N) is 1. The normalized spacial score (nSPS) is 23.9. The predicted molar refractivity (Wildman–Crippen MR) is 56.7 cm³/mol. The number of primary amides is 1. The van der Waals surface area contributed by atoms with Gasteiger partial charge < -0.3 is 16.4 Å². The standard InChI is InChI=1S/C10H21N3O/c1-8(6-11)2-3-9-4-5-13(7-9)10(12)14/h8-9H,2-7,11H2,1H3,(H2,12,14). The Hall–Kier alpha value is -0.770. The Kier molecular flexibility index (Phi) is 4.20. The molecule has 2 amide bonds. The lowest BCUT2D eigenvalue weighted by Gasteiger charge is -2.14. The van der Waals surface area contributed by atoms with E-state index >= 15 is 0 Å². The topological polar surface area (TPSA) is 72.3 Å². The van der Waals surface area contributed by atoms with Gasteiger partial charge >= 0.3 is 6.03 Å². The van der Waals surface area contributed by atoms with Crippen LogP contribution in [-0.2, 0) is 0 Å². The SMILES string of the molecule is CC(CN)CCC1CCN(C(N)=O)C1. The van der Waals surface area contributed by atoms with Crippen LogP contribution >= 0.6 is 0 Å². The number of hydrogen-bond donors (Lipinski definition) is 2. The summed E-state index contributed by atoms with van der Waals surface area (Å²) in [5, 5.41) is 0. The molecule has 0 radical (unpaired) electrons. The lowest BCUT2D eigenvalue weighted by Crippen LogP contribution is -2.33. The highest BCUT2D eigenvalue weighted by atomic mass is 16.2. The van der Waals surface area contributed by atoms with Crippen LogP contribution in [0, 0.1) is 11.8 Å². The fourth-order valence-corrected chi connectivity index (χ4v) is 1.91. The second-order valence-corrected chi connectivity index (χ2v) is 4.36. The number of carbonyl (C=O) groups excluding carboxylic acids is 1. The maximum atomic E-state index is 10.9. The van der Waals surface area contributed by atoms with Gasteiger partial charge in [0.2, 0.25) is 0 Å². The van der Waals surface area contributed by atoms with Gasteiger partial charge in [-0.2, -0.15) is 0 Å². The van der Waals surface area contributed by atoms with E-state index < -0.39 is 0 Å². The van der Waals surface area contributed by atoms with Crippen LogP contribution in [0.3, 0.4) is 0 Å². The number of nitrogens with two attached hydrogens (primary N) is 2. The van der Waals surface area contributed by atoms with Gasteiger partial charge in [0.1, 0.15) is 0 Å². The van der Waals surface area contributed by atoms with Crippen molar-refractivity contribution in [2.24, 2.45) is 23.3 Å². The van der Waals surface area contributed by atoms with Crippen LogP contribution in [0.15, 0.2) is 0 Å². The summed E-state index contributed by atoms with van der Waals surface area (Å²) in [5.74, 6) is 1.23. The minimum absolute atomic E-state index is 0.278. The molecule has 2 unspecified atom stereocenters. The summed E-state index contributed by atoms with van der Waals surface area (Å²) in [7, 11) is 0. The summed E-state index contributed by atoms with van der Waals surface area (Å²) in [6.45, 7) is 4.59. The molecular weight excluding hydrogens is 178 g/mol. The highest BCUT2D eigenvalue weighted by Crippen LogP contribution is 2.22. The summed E-state index contributed by atoms with van der Waals surface area (Å²) in [5.41, 5.74) is 10.8. The number of hydrogen-bond acceptors (Lipinski definition) is 2. The van der Waals surface area contributed by atoms with Gasteiger partial charge in [0.25, 0.3) is 0 Å². The van der Waals surface area contributed by atoms with Crippen molar-refractivity contribution in [2.75, 3.05) is 19.6 Å². The summed E-state index contributed by atoms with van der Waals surface area (Å²) in [6, 6.07) is -0.278. The van der Waals surface area contributed by atoms with Gasteiger partial charge in [-0.3, -0.25) is 0 Å². The van der Waals surface area contributed by atoms with Gasteiger partial charge in [0.15, 0.2) is 0 Å². The van der Waals surface area contributed by atoms with Gasteiger partial charge in [-0.1, -0.05) is 6.92 Å². The second-order valence-electron chi connectivity index (χ2n) is 4.36. The number of amides is 2. The summed E-state index contributed by atoms with van der Waals surface area (Å²) >= 11 is 0. The van der Waals surface area contributed by atoms with Crippen LogP contribution in [0.1, 0.15) is 26.2 Å². The minimum atomic E-state index is -0.278. The van der Waals surface area contributed by atoms with Crippen molar-refractivity contribution >= 4 is 6.03 Å². The first kappa shape index (κ1) is 11.3. The molecular formula is C10H21N3O. The van der Waals surface area contributed by atoms with Gasteiger partial charge in [0.05, 0.1) is 0 Å². The van der Waals surface area contributed by atoms with E-state index in [-0.39, 0.29) is 6.03 Å². The van der Waals surface area contributed by atoms with Crippen molar-refractivity contribution in [3.8, 4) is 0 Å². The summed E-state index contributed by atoms with van der Waals surface area (Å²) in [4.78, 5) is 12.6. The first-order valence-corrected chi connectivity index (χ1v) is 5.38. The van der Waals surface area contributed by atoms with E-state index in [4.69, 9.17) is 11.5 Å². The van der Waals surface area contributed by atoms with E-state index in [0.717, 1.165) is 32.5 Å². The van der Waals surface area contributed by atoms with E-state index in [9.17, 15) is 4.79 Å². The molecule has 4 N–H and O–H groups in total. The molecule has 1 fully saturated rings. The molecule has 4 nitrogen and oxygen atoms in total. The lowest BCUT2D eigenvalue weighted by molar-refractivity contribution is 0.216. The van der Waals surface area contributed by atoms with Crippen LogP contribution in [0.25, 0.3) is 0 Å². The van der Waals surface area contributed by atoms with Crippen molar-refractivity contribution in [3.63, 3.8) is 0 Å². The van der Waals surface area contributed by atoms with Crippen molar-refractivity contribution in [2.45, 2.75) is 26.2 Å². The molecule has 0 aromatic heterocycles. The second kappa shape index (κ2) is 5.20. The highest BCUT2D eigenvalue weighted by Gasteiger charge is 2.24. The van der Waals surface area contributed by atoms with Crippen molar-refractivity contribution in [1.29, 1.82) is 0 Å². The van der Waals surface area contributed by atoms with Crippen LogP contribution in [-0.4, -0.2) is 30.6 Å². The fourth-order valence-electron chi connectivity index (χ4n) is 1.91. The predicted octanol–water partition coefficient (Wildman–Crippen LogP) is 0.762. The molecule has 0 spiro atoms. The highest BCUT2D eigenvalue weighted by molar-refractivity contribution is 5.72. The quantitative estimate of drug-likeness (QED) is 0.701. The van der Waals surface area contributed by atoms with Crippen molar-refractivity contribution < 1.29 is 4.79 Å². The molecule has 2 atom stereocenters. The third-order valence-electron chi connectivity index (χ3n) is 3.07. The van der Waals surface area contributed by atoms with Gasteiger partial charge in [0, 0.05) is 13.1 Å². The third-order valence-corrected chi connectivity index (χ3v) is 3.07. The van der Waals surface area contributed by atoms with E-state index in [2.05, 4.69) is 6.92 Å². The molecule has 1 rings (SSSR count). The first-order chi connectivity index (χ1) is 6.63. The molecule has 14 heavy (non-hydrogen) atoms. The van der Waals surface area contributed by atoms with E-state index in [1.807, 2.05) is 0 Å². The average molecular weight is 199 g/mol. The van der Waals surface area contributed by atoms with E-state index in [1.54, 1.807) is 4.90 Å². The number of carbonyl (C=O) groups is 1. The van der Waals surface area contributed by atoms with E-state index in [1.165, 1.54) is 6.42 Å². The Balaban J connectivity index is 2.19. The molecule has 1 aliphatic rings. The van der Waals surface area contributed by atoms with Crippen LogP contribution in [0.5, 0.6) is 0 Å². The van der Waals surface area contributed by atoms with Crippen LogP contribution < -0.4 is 11.5 Å². The van der Waals surface area contributed by atoms with Gasteiger partial charge in [-0.05, 0) is 37.6 Å². The smallest absolute Gasteiger partial charge is 0.314 e. The molecule has 1 saturated heterocycles. The Morgan fingerprint density at radius 1 is 1.64 bits per heavy atom. The van der Waals surface area contributed by atoms with Crippen molar-refractivity contribution in [3.05, 3.63) is 0 Å². The zero-order valence-corrected chi connectivity index (χ0v) is 8.91. The Bertz CT molecular complexity index is 196. The fraction of sp³-hybridized carbons (Fsp3) is 0.900. The summed E-state index contributed by atoms with van der Waals surface area (Å²) < 4.78 is 0. The number of likely N-dealkylation sites (tertiary alicyclic amines) is 1. The molecule has 1 aliphatic heterocycles. The largest absolute Gasteiger partial charge is 0.351 e. The maximum Gasteiger partial charge on any atom is 0.314 e.